The minimum absolute atomic E-state index is 0.0622. The summed E-state index contributed by atoms with van der Waals surface area (Å²) in [5.74, 6) is -1.58. The van der Waals surface area contributed by atoms with Crippen molar-refractivity contribution in [3.05, 3.63) is 35.9 Å². The molecule has 7 nitrogen and oxygen atoms in total. The number of carboxylic acids is 1. The summed E-state index contributed by atoms with van der Waals surface area (Å²) in [5, 5.41) is 11.2. The van der Waals surface area contributed by atoms with Gasteiger partial charge in [-0.25, -0.2) is 4.79 Å². The van der Waals surface area contributed by atoms with Gasteiger partial charge in [0.05, 0.1) is 11.6 Å². The van der Waals surface area contributed by atoms with E-state index in [0.717, 1.165) is 18.5 Å². The van der Waals surface area contributed by atoms with Gasteiger partial charge in [-0.15, -0.1) is 5.53 Å². The van der Waals surface area contributed by atoms with Gasteiger partial charge in [0.15, 0.2) is 0 Å². The minimum atomic E-state index is -0.950. The summed E-state index contributed by atoms with van der Waals surface area (Å²) in [6.45, 7) is 1.59. The van der Waals surface area contributed by atoms with E-state index in [1.165, 1.54) is 24.5 Å². The molecule has 0 aliphatic heterocycles. The molecule has 1 aromatic carbocycles. The first-order chi connectivity index (χ1) is 11.1. The zero-order valence-electron chi connectivity index (χ0n) is 13.1. The van der Waals surface area contributed by atoms with Gasteiger partial charge in [-0.05, 0) is 42.5 Å². The lowest BCUT2D eigenvalue weighted by molar-refractivity contribution is -0.140. The number of carbonyl (C=O) groups excluding carboxylic acids is 1. The number of allylic oxidation sites excluding steroid dienone is 2. The summed E-state index contributed by atoms with van der Waals surface area (Å²) in [6, 6.07) is 7.42. The van der Waals surface area contributed by atoms with Gasteiger partial charge in [-0.1, -0.05) is 25.1 Å². The van der Waals surface area contributed by atoms with Crippen molar-refractivity contribution >= 4 is 23.3 Å². The van der Waals surface area contributed by atoms with E-state index >= 15 is 0 Å². The standard InChI is InChI=1S/C16H22N4O3/c1-11(15(21)22)10-17-16(23)19-20-18-14-8-6-13(7-9-14)12-4-2-3-5-12/h4,6-9,11,18,20H,2-3,5,10H2,1H3,(H,21,22)(H2,17,19,23)/t11-/m0/s1. The van der Waals surface area contributed by atoms with E-state index in [2.05, 4.69) is 27.8 Å². The molecule has 0 saturated heterocycles. The molecule has 1 aliphatic rings. The number of urea groups is 1. The smallest absolute Gasteiger partial charge is 0.330 e. The molecule has 2 amide bonds. The number of hydrazine groups is 2. The van der Waals surface area contributed by atoms with Crippen molar-refractivity contribution in [3.63, 3.8) is 0 Å². The minimum Gasteiger partial charge on any atom is -0.481 e. The second-order valence-electron chi connectivity index (χ2n) is 5.52. The van der Waals surface area contributed by atoms with Crippen LogP contribution in [0.3, 0.4) is 0 Å². The van der Waals surface area contributed by atoms with Gasteiger partial charge >= 0.3 is 12.0 Å². The number of rotatable bonds is 7. The number of nitrogens with one attached hydrogen (secondary N) is 4. The topological polar surface area (TPSA) is 102 Å². The number of benzene rings is 1. The van der Waals surface area contributed by atoms with E-state index in [0.29, 0.717) is 0 Å². The fourth-order valence-electron chi connectivity index (χ4n) is 2.24. The molecule has 7 heteroatoms. The van der Waals surface area contributed by atoms with Crippen LogP contribution in [0.1, 0.15) is 31.7 Å². The maximum Gasteiger partial charge on any atom is 0.330 e. The summed E-state index contributed by atoms with van der Waals surface area (Å²) < 4.78 is 0. The fourth-order valence-corrected chi connectivity index (χ4v) is 2.24. The van der Waals surface area contributed by atoms with Gasteiger partial charge in [-0.2, -0.15) is 0 Å². The number of aliphatic carboxylic acids is 1. The lowest BCUT2D eigenvalue weighted by Gasteiger charge is -2.12. The lowest BCUT2D eigenvalue weighted by atomic mass is 10.1. The Labute approximate surface area is 135 Å². The van der Waals surface area contributed by atoms with Gasteiger partial charge in [0.2, 0.25) is 0 Å². The van der Waals surface area contributed by atoms with Gasteiger partial charge in [0.25, 0.3) is 0 Å². The fraction of sp³-hybridized carbons (Fsp3) is 0.375. The van der Waals surface area contributed by atoms with Crippen LogP contribution in [0, 0.1) is 5.92 Å². The van der Waals surface area contributed by atoms with Crippen LogP contribution in [0.15, 0.2) is 30.3 Å². The highest BCUT2D eigenvalue weighted by Crippen LogP contribution is 2.27. The first kappa shape index (κ1) is 16.8. The van der Waals surface area contributed by atoms with Crippen molar-refractivity contribution in [1.29, 1.82) is 0 Å². The zero-order valence-corrected chi connectivity index (χ0v) is 13.1. The highest BCUT2D eigenvalue weighted by atomic mass is 16.4. The first-order valence-electron chi connectivity index (χ1n) is 7.63. The van der Waals surface area contributed by atoms with E-state index in [4.69, 9.17) is 5.11 Å². The average molecular weight is 318 g/mol. The summed E-state index contributed by atoms with van der Waals surface area (Å²) in [5.41, 5.74) is 11.2. The molecule has 0 fully saturated rings. The molecule has 0 spiro atoms. The third-order valence-corrected chi connectivity index (χ3v) is 3.67. The van der Waals surface area contributed by atoms with Crippen LogP contribution < -0.4 is 21.7 Å². The Bertz CT molecular complexity index is 583. The van der Waals surface area contributed by atoms with Gasteiger partial charge in [-0.3, -0.25) is 10.2 Å². The molecule has 0 saturated carbocycles. The molecular formula is C16H22N4O3. The largest absolute Gasteiger partial charge is 0.481 e. The third kappa shape index (κ3) is 5.30. The molecule has 2 rings (SSSR count). The van der Waals surface area contributed by atoms with Gasteiger partial charge in [0.1, 0.15) is 0 Å². The second-order valence-corrected chi connectivity index (χ2v) is 5.52. The molecule has 0 heterocycles. The normalized spacial score (nSPS) is 14.7. The molecule has 1 atom stereocenters. The van der Waals surface area contributed by atoms with Crippen molar-refractivity contribution < 1.29 is 14.7 Å². The summed E-state index contributed by atoms with van der Waals surface area (Å²) in [7, 11) is 0. The Morgan fingerprint density at radius 1 is 1.26 bits per heavy atom. The molecule has 124 valence electrons. The Hall–Kier alpha value is -2.54. The molecule has 23 heavy (non-hydrogen) atoms. The molecule has 0 aromatic heterocycles. The first-order valence-corrected chi connectivity index (χ1v) is 7.63. The van der Waals surface area contributed by atoms with Gasteiger partial charge in [0, 0.05) is 6.54 Å². The van der Waals surface area contributed by atoms with Crippen molar-refractivity contribution in [2.75, 3.05) is 12.0 Å². The van der Waals surface area contributed by atoms with E-state index < -0.39 is 17.9 Å². The number of carbonyl (C=O) groups is 2. The van der Waals surface area contributed by atoms with E-state index in [-0.39, 0.29) is 6.54 Å². The molecule has 0 radical (unpaired) electrons. The molecule has 5 N–H and O–H groups in total. The zero-order chi connectivity index (χ0) is 16.7. The highest BCUT2D eigenvalue weighted by molar-refractivity contribution is 5.75. The molecule has 1 aromatic rings. The third-order valence-electron chi connectivity index (χ3n) is 3.67. The SMILES string of the molecule is C[C@@H](CNC(=O)NNNc1ccc(C2=CCCC2)cc1)C(=O)O. The quantitative estimate of drug-likeness (QED) is 0.496. The summed E-state index contributed by atoms with van der Waals surface area (Å²) in [4.78, 5) is 22.1. The van der Waals surface area contributed by atoms with Crippen molar-refractivity contribution in [2.24, 2.45) is 5.92 Å². The predicted molar refractivity (Wildman–Crippen MR) is 88.4 cm³/mol. The van der Waals surface area contributed by atoms with E-state index in [9.17, 15) is 9.59 Å². The highest BCUT2D eigenvalue weighted by Gasteiger charge is 2.11. The van der Waals surface area contributed by atoms with Crippen LogP contribution in [-0.4, -0.2) is 23.7 Å². The number of hydrogen-bond acceptors (Lipinski definition) is 4. The predicted octanol–water partition coefficient (Wildman–Crippen LogP) is 2.11. The van der Waals surface area contributed by atoms with Crippen LogP contribution >= 0.6 is 0 Å². The van der Waals surface area contributed by atoms with Crippen LogP contribution in [0.4, 0.5) is 10.5 Å². The monoisotopic (exact) mass is 318 g/mol. The van der Waals surface area contributed by atoms with Gasteiger partial charge < -0.3 is 15.8 Å². The second kappa shape index (κ2) is 8.19. The number of carboxylic acid groups (broad SMARTS) is 1. The maximum absolute atomic E-state index is 11.5. The Morgan fingerprint density at radius 2 is 2.00 bits per heavy atom. The number of amides is 2. The lowest BCUT2D eigenvalue weighted by Crippen LogP contribution is -2.48. The van der Waals surface area contributed by atoms with Crippen LogP contribution in [0.25, 0.3) is 5.57 Å². The Balaban J connectivity index is 1.69. The number of anilines is 1. The summed E-state index contributed by atoms with van der Waals surface area (Å²) >= 11 is 0. The number of hydrogen-bond donors (Lipinski definition) is 5. The van der Waals surface area contributed by atoms with Crippen molar-refractivity contribution in [2.45, 2.75) is 26.2 Å². The Kier molecular flexibility index (Phi) is 5.99. The maximum atomic E-state index is 11.5. The van der Waals surface area contributed by atoms with E-state index in [1.807, 2.05) is 24.3 Å². The molecule has 0 bridgehead atoms. The van der Waals surface area contributed by atoms with Crippen molar-refractivity contribution in [1.82, 2.24) is 16.3 Å². The molecular weight excluding hydrogens is 296 g/mol. The van der Waals surface area contributed by atoms with Crippen LogP contribution in [0.2, 0.25) is 0 Å². The van der Waals surface area contributed by atoms with Crippen LogP contribution in [-0.2, 0) is 4.79 Å². The molecule has 0 unspecified atom stereocenters. The molecule has 1 aliphatic carbocycles. The van der Waals surface area contributed by atoms with E-state index in [1.54, 1.807) is 0 Å². The van der Waals surface area contributed by atoms with Crippen LogP contribution in [0.5, 0.6) is 0 Å². The van der Waals surface area contributed by atoms with Crippen molar-refractivity contribution in [3.8, 4) is 0 Å². The Morgan fingerprint density at radius 3 is 2.61 bits per heavy atom. The average Bonchev–Trinajstić information content (AvgIpc) is 3.07. The summed E-state index contributed by atoms with van der Waals surface area (Å²) in [6.07, 6.45) is 5.76.